The van der Waals surface area contributed by atoms with Crippen molar-refractivity contribution in [2.75, 3.05) is 32.1 Å². The lowest BCUT2D eigenvalue weighted by molar-refractivity contribution is 0.402. The van der Waals surface area contributed by atoms with Crippen molar-refractivity contribution in [3.05, 3.63) is 23.9 Å². The Morgan fingerprint density at radius 1 is 1.43 bits per heavy atom. The van der Waals surface area contributed by atoms with Crippen LogP contribution in [0.3, 0.4) is 0 Å². The third kappa shape index (κ3) is 5.31. The monoisotopic (exact) mass is 422 g/mol. The van der Waals surface area contributed by atoms with Crippen LogP contribution in [0.15, 0.2) is 23.1 Å². The van der Waals surface area contributed by atoms with Crippen molar-refractivity contribution >= 4 is 27.5 Å². The maximum absolute atomic E-state index is 13.0. The van der Waals surface area contributed by atoms with Crippen molar-refractivity contribution in [1.82, 2.24) is 15.0 Å². The van der Waals surface area contributed by atoms with Crippen molar-refractivity contribution in [1.29, 1.82) is 0 Å². The van der Waals surface area contributed by atoms with Gasteiger partial charge in [0.2, 0.25) is 0 Å². The molecule has 2 aromatic rings. The molecule has 1 aliphatic heterocycles. The van der Waals surface area contributed by atoms with Gasteiger partial charge in [0.25, 0.3) is 0 Å². The molecule has 0 bridgehead atoms. The van der Waals surface area contributed by atoms with Gasteiger partial charge in [-0.1, -0.05) is 25.2 Å². The number of hydrogen-bond donors (Lipinski definition) is 3. The summed E-state index contributed by atoms with van der Waals surface area (Å²) in [6.45, 7) is 9.12. The molecular formula is C20H30N4O2S2. The summed E-state index contributed by atoms with van der Waals surface area (Å²) < 4.78 is 21.7. The normalized spacial score (nSPS) is 18.2. The topological polar surface area (TPSA) is 75.3 Å². The quantitative estimate of drug-likeness (QED) is 0.606. The summed E-state index contributed by atoms with van der Waals surface area (Å²) >= 11 is 1.63. The molecule has 28 heavy (non-hydrogen) atoms. The van der Waals surface area contributed by atoms with Gasteiger partial charge in [-0.15, -0.1) is 0 Å². The number of nitrogens with zero attached hydrogens (tertiary/aromatic N) is 1. The molecule has 1 fully saturated rings. The summed E-state index contributed by atoms with van der Waals surface area (Å²) in [6.07, 6.45) is 2.12. The number of piperidine rings is 1. The second-order valence-corrected chi connectivity index (χ2v) is 9.72. The first-order chi connectivity index (χ1) is 13.5. The fourth-order valence-electron chi connectivity index (χ4n) is 3.16. The predicted molar refractivity (Wildman–Crippen MR) is 118 cm³/mol. The lowest BCUT2D eigenvalue weighted by atomic mass is 10.1. The van der Waals surface area contributed by atoms with E-state index in [-0.39, 0.29) is 6.04 Å². The molecule has 1 aromatic heterocycles. The van der Waals surface area contributed by atoms with Crippen LogP contribution < -0.4 is 20.1 Å². The van der Waals surface area contributed by atoms with Crippen LogP contribution in [0.1, 0.15) is 32.4 Å². The Balaban J connectivity index is 1.83. The largest absolute Gasteiger partial charge is 0.495 e. The van der Waals surface area contributed by atoms with E-state index in [0.717, 1.165) is 53.7 Å². The Labute approximate surface area is 174 Å². The predicted octanol–water partition coefficient (Wildman–Crippen LogP) is 3.56. The summed E-state index contributed by atoms with van der Waals surface area (Å²) in [5, 5.41) is 7.66. The molecule has 0 radical (unpaired) electrons. The number of hydrogen-bond acceptors (Lipinski definition) is 6. The molecule has 2 unspecified atom stereocenters. The van der Waals surface area contributed by atoms with Crippen LogP contribution in [0, 0.1) is 12.8 Å². The third-order valence-electron chi connectivity index (χ3n) is 4.65. The Hall–Kier alpha value is -1.48. The molecule has 154 valence electrons. The first-order valence-corrected chi connectivity index (χ1v) is 11.7. The molecule has 3 rings (SSSR count). The van der Waals surface area contributed by atoms with E-state index < -0.39 is 11.0 Å². The summed E-state index contributed by atoms with van der Waals surface area (Å²) in [7, 11) is 0.283. The number of anilines is 1. The van der Waals surface area contributed by atoms with Gasteiger partial charge >= 0.3 is 0 Å². The molecule has 0 saturated carbocycles. The molecule has 6 nitrogen and oxygen atoms in total. The molecule has 8 heteroatoms. The summed E-state index contributed by atoms with van der Waals surface area (Å²) in [5.74, 6) is 1.20. The SMILES string of the molecule is COc1ccc(-c2sc(NCC(C)C)nc2C)cc1S(=O)NC1CCCNC1. The molecule has 3 N–H and O–H groups in total. The average Bonchev–Trinajstić information content (AvgIpc) is 3.07. The first kappa shape index (κ1) is 21.2. The van der Waals surface area contributed by atoms with Crippen LogP contribution >= 0.6 is 11.3 Å². The highest BCUT2D eigenvalue weighted by Crippen LogP contribution is 2.36. The van der Waals surface area contributed by atoms with Crippen LogP contribution in [0.2, 0.25) is 0 Å². The highest BCUT2D eigenvalue weighted by Gasteiger charge is 2.20. The van der Waals surface area contributed by atoms with Crippen molar-refractivity contribution in [3.8, 4) is 16.2 Å². The fourth-order valence-corrected chi connectivity index (χ4v) is 5.33. The van der Waals surface area contributed by atoms with Crippen LogP contribution in [0.5, 0.6) is 5.75 Å². The van der Waals surface area contributed by atoms with E-state index in [9.17, 15) is 4.21 Å². The van der Waals surface area contributed by atoms with Crippen molar-refractivity contribution in [2.45, 2.75) is 44.6 Å². The average molecular weight is 423 g/mol. The minimum atomic E-state index is -1.33. The zero-order valence-corrected chi connectivity index (χ0v) is 18.6. The maximum atomic E-state index is 13.0. The molecule has 0 spiro atoms. The molecule has 0 aliphatic carbocycles. The van der Waals surface area contributed by atoms with E-state index in [2.05, 4.69) is 34.2 Å². The lowest BCUT2D eigenvalue weighted by Crippen LogP contribution is -2.43. The minimum Gasteiger partial charge on any atom is -0.495 e. The number of benzene rings is 1. The van der Waals surface area contributed by atoms with E-state index >= 15 is 0 Å². The van der Waals surface area contributed by atoms with Gasteiger partial charge in [-0.2, -0.15) is 0 Å². The maximum Gasteiger partial charge on any atom is 0.183 e. The Bertz CT molecular complexity index is 817. The Morgan fingerprint density at radius 2 is 2.25 bits per heavy atom. The smallest absolute Gasteiger partial charge is 0.183 e. The molecular weight excluding hydrogens is 392 g/mol. The van der Waals surface area contributed by atoms with Crippen molar-refractivity contribution in [3.63, 3.8) is 0 Å². The zero-order chi connectivity index (χ0) is 20.1. The van der Waals surface area contributed by atoms with E-state index in [1.807, 2.05) is 25.1 Å². The second-order valence-electron chi connectivity index (χ2n) is 7.50. The molecule has 1 aliphatic rings. The van der Waals surface area contributed by atoms with Crippen LogP contribution in [-0.2, 0) is 11.0 Å². The highest BCUT2D eigenvalue weighted by atomic mass is 32.2. The standard InChI is InChI=1S/C20H30N4O2S2/c1-13(2)11-22-20-23-14(3)19(27-20)15-7-8-17(26-4)18(10-15)28(25)24-16-6-5-9-21-12-16/h7-8,10,13,16,21,24H,5-6,9,11-12H2,1-4H3,(H,22,23). The first-order valence-electron chi connectivity index (χ1n) is 9.76. The summed E-state index contributed by atoms with van der Waals surface area (Å²) in [5.41, 5.74) is 1.99. The van der Waals surface area contributed by atoms with Gasteiger partial charge in [-0.05, 0) is 56.0 Å². The van der Waals surface area contributed by atoms with Crippen molar-refractivity contribution < 1.29 is 8.95 Å². The Kier molecular flexibility index (Phi) is 7.45. The van der Waals surface area contributed by atoms with Gasteiger partial charge < -0.3 is 15.4 Å². The molecule has 2 atom stereocenters. The summed E-state index contributed by atoms with van der Waals surface area (Å²) in [6, 6.07) is 6.07. The molecule has 0 amide bonds. The van der Waals surface area contributed by atoms with Crippen LogP contribution in [0.25, 0.3) is 10.4 Å². The third-order valence-corrected chi connectivity index (χ3v) is 7.08. The highest BCUT2D eigenvalue weighted by molar-refractivity contribution is 7.83. The van der Waals surface area contributed by atoms with E-state index in [4.69, 9.17) is 4.74 Å². The van der Waals surface area contributed by atoms with E-state index in [1.54, 1.807) is 18.4 Å². The number of thiazole rings is 1. The Morgan fingerprint density at radius 3 is 2.93 bits per heavy atom. The number of methoxy groups -OCH3 is 1. The summed E-state index contributed by atoms with van der Waals surface area (Å²) in [4.78, 5) is 6.41. The van der Waals surface area contributed by atoms with Gasteiger partial charge in [0.15, 0.2) is 5.13 Å². The minimum absolute atomic E-state index is 0.208. The van der Waals surface area contributed by atoms with Gasteiger partial charge in [0.1, 0.15) is 16.7 Å². The fraction of sp³-hybridized carbons (Fsp3) is 0.550. The van der Waals surface area contributed by atoms with E-state index in [1.165, 1.54) is 0 Å². The van der Waals surface area contributed by atoms with Gasteiger partial charge in [-0.25, -0.2) is 13.9 Å². The van der Waals surface area contributed by atoms with Gasteiger partial charge in [-0.3, -0.25) is 0 Å². The second kappa shape index (κ2) is 9.82. The zero-order valence-electron chi connectivity index (χ0n) is 17.0. The number of aromatic nitrogens is 1. The number of rotatable bonds is 8. The molecule has 1 saturated heterocycles. The van der Waals surface area contributed by atoms with Crippen molar-refractivity contribution in [2.24, 2.45) is 5.92 Å². The van der Waals surface area contributed by atoms with E-state index in [0.29, 0.717) is 16.6 Å². The number of ether oxygens (including phenoxy) is 1. The van der Waals surface area contributed by atoms with Crippen LogP contribution in [0.4, 0.5) is 5.13 Å². The number of aryl methyl sites for hydroxylation is 1. The van der Waals surface area contributed by atoms with Gasteiger partial charge in [0, 0.05) is 19.1 Å². The number of nitrogens with one attached hydrogen (secondary N) is 3. The van der Waals surface area contributed by atoms with Crippen LogP contribution in [-0.4, -0.2) is 42.0 Å². The lowest BCUT2D eigenvalue weighted by Gasteiger charge is -2.23. The molecule has 2 heterocycles. The molecule has 1 aromatic carbocycles. The van der Waals surface area contributed by atoms with Gasteiger partial charge in [0.05, 0.1) is 22.6 Å².